The van der Waals surface area contributed by atoms with Gasteiger partial charge in [0.05, 0.1) is 4.99 Å². The third-order valence-electron chi connectivity index (χ3n) is 8.52. The highest BCUT2D eigenvalue weighted by Crippen LogP contribution is 2.44. The molecule has 3 aliphatic rings. The van der Waals surface area contributed by atoms with Gasteiger partial charge in [-0.25, -0.2) is 0 Å². The van der Waals surface area contributed by atoms with Crippen LogP contribution in [0.5, 0.6) is 11.5 Å². The predicted molar refractivity (Wildman–Crippen MR) is 163 cm³/mol. The van der Waals surface area contributed by atoms with E-state index in [9.17, 15) is 0 Å². The number of halogens is 1. The lowest BCUT2D eigenvalue weighted by molar-refractivity contribution is 0.169. The fourth-order valence-corrected chi connectivity index (χ4v) is 6.83. The van der Waals surface area contributed by atoms with Crippen molar-refractivity contribution in [2.24, 2.45) is 5.92 Å². The van der Waals surface area contributed by atoms with E-state index in [1.165, 1.54) is 56.3 Å². The SMILES string of the molecule is S=C(Cc1ccc(-c2cccc(Cl)c2)cc1)NC(CN1CCCC1)C(c1ccc2c(c1)OCCO2)C1CCC1. The maximum atomic E-state index is 6.20. The maximum Gasteiger partial charge on any atom is 0.161 e. The minimum absolute atomic E-state index is 0.259. The summed E-state index contributed by atoms with van der Waals surface area (Å²) in [4.78, 5) is 3.53. The Morgan fingerprint density at radius 1 is 0.897 bits per heavy atom. The van der Waals surface area contributed by atoms with E-state index >= 15 is 0 Å². The van der Waals surface area contributed by atoms with Crippen LogP contribution in [-0.2, 0) is 6.42 Å². The van der Waals surface area contributed by atoms with Crippen LogP contribution < -0.4 is 14.8 Å². The molecule has 1 saturated carbocycles. The molecular formula is C33H37ClN2O2S. The molecule has 6 rings (SSSR count). The largest absolute Gasteiger partial charge is 0.486 e. The standard InChI is InChI=1S/C33H37ClN2O2S/c34-28-8-4-7-26(20-28)24-11-9-23(10-12-24)19-32(39)35-29(22-36-15-1-2-16-36)33(25-5-3-6-25)27-13-14-30-31(21-27)38-18-17-37-30/h4,7-14,20-21,25,29,33H,1-3,5-6,15-19,22H2,(H,35,39). The molecule has 0 radical (unpaired) electrons. The van der Waals surface area contributed by atoms with Crippen molar-refractivity contribution in [1.29, 1.82) is 0 Å². The number of hydrogen-bond donors (Lipinski definition) is 1. The second-order valence-electron chi connectivity index (χ2n) is 11.2. The Balaban J connectivity index is 1.21. The van der Waals surface area contributed by atoms with E-state index in [0.717, 1.165) is 45.6 Å². The summed E-state index contributed by atoms with van der Waals surface area (Å²) in [7, 11) is 0. The zero-order valence-corrected chi connectivity index (χ0v) is 24.0. The number of ether oxygens (including phenoxy) is 2. The number of nitrogens with one attached hydrogen (secondary N) is 1. The lowest BCUT2D eigenvalue weighted by atomic mass is 9.69. The first-order valence-corrected chi connectivity index (χ1v) is 15.2. The van der Waals surface area contributed by atoms with Gasteiger partial charge in [-0.3, -0.25) is 0 Å². The summed E-state index contributed by atoms with van der Waals surface area (Å²) in [6, 6.07) is 23.5. The Bertz CT molecular complexity index is 1290. The number of nitrogens with zero attached hydrogens (tertiary/aromatic N) is 1. The zero-order chi connectivity index (χ0) is 26.6. The molecule has 3 aromatic rings. The smallest absolute Gasteiger partial charge is 0.161 e. The van der Waals surface area contributed by atoms with Crippen molar-refractivity contribution in [2.75, 3.05) is 32.8 Å². The van der Waals surface area contributed by atoms with Crippen LogP contribution in [0.4, 0.5) is 0 Å². The van der Waals surface area contributed by atoms with Gasteiger partial charge in [0.1, 0.15) is 13.2 Å². The summed E-state index contributed by atoms with van der Waals surface area (Å²) in [6.45, 7) is 4.60. The molecule has 2 heterocycles. The molecule has 1 aliphatic carbocycles. The molecule has 204 valence electrons. The first-order valence-electron chi connectivity index (χ1n) is 14.4. The van der Waals surface area contributed by atoms with Crippen LogP contribution in [0.15, 0.2) is 66.7 Å². The molecule has 39 heavy (non-hydrogen) atoms. The van der Waals surface area contributed by atoms with Gasteiger partial charge in [0, 0.05) is 29.9 Å². The number of rotatable bonds is 9. The summed E-state index contributed by atoms with van der Waals surface area (Å²) < 4.78 is 11.8. The van der Waals surface area contributed by atoms with Crippen molar-refractivity contribution in [3.05, 3.63) is 82.9 Å². The number of likely N-dealkylation sites (tertiary alicyclic amines) is 1. The Kier molecular flexibility index (Phi) is 8.38. The zero-order valence-electron chi connectivity index (χ0n) is 22.4. The van der Waals surface area contributed by atoms with Gasteiger partial charge in [0.15, 0.2) is 11.5 Å². The fourth-order valence-electron chi connectivity index (χ4n) is 6.32. The van der Waals surface area contributed by atoms with Crippen LogP contribution in [0, 0.1) is 5.92 Å². The molecule has 1 saturated heterocycles. The highest BCUT2D eigenvalue weighted by Gasteiger charge is 2.36. The molecular weight excluding hydrogens is 524 g/mol. The second-order valence-corrected chi connectivity index (χ2v) is 12.1. The van der Waals surface area contributed by atoms with Crippen molar-refractivity contribution in [3.8, 4) is 22.6 Å². The summed E-state index contributed by atoms with van der Waals surface area (Å²) in [5, 5.41) is 4.63. The maximum absolute atomic E-state index is 6.20. The van der Waals surface area contributed by atoms with Crippen molar-refractivity contribution in [2.45, 2.75) is 50.5 Å². The van der Waals surface area contributed by atoms with E-state index in [-0.39, 0.29) is 6.04 Å². The van der Waals surface area contributed by atoms with Gasteiger partial charge in [0.2, 0.25) is 0 Å². The Hall–Kier alpha value is -2.60. The Morgan fingerprint density at radius 2 is 1.67 bits per heavy atom. The Labute approximate surface area is 242 Å². The molecule has 0 aromatic heterocycles. The number of thiocarbonyl (C=S) groups is 1. The van der Waals surface area contributed by atoms with E-state index < -0.39 is 0 Å². The molecule has 0 bridgehead atoms. The number of benzene rings is 3. The van der Waals surface area contributed by atoms with Crippen molar-refractivity contribution >= 4 is 28.8 Å². The van der Waals surface area contributed by atoms with Crippen LogP contribution >= 0.6 is 23.8 Å². The van der Waals surface area contributed by atoms with Gasteiger partial charge >= 0.3 is 0 Å². The average Bonchev–Trinajstić information content (AvgIpc) is 3.43. The van der Waals surface area contributed by atoms with Gasteiger partial charge < -0.3 is 19.7 Å². The van der Waals surface area contributed by atoms with E-state index in [1.807, 2.05) is 18.2 Å². The first kappa shape index (κ1) is 26.6. The highest BCUT2D eigenvalue weighted by molar-refractivity contribution is 7.80. The summed E-state index contributed by atoms with van der Waals surface area (Å²) in [5.41, 5.74) is 4.85. The molecule has 1 N–H and O–H groups in total. The highest BCUT2D eigenvalue weighted by atomic mass is 35.5. The van der Waals surface area contributed by atoms with Gasteiger partial charge in [-0.2, -0.15) is 0 Å². The summed E-state index contributed by atoms with van der Waals surface area (Å²) >= 11 is 12.2. The quantitative estimate of drug-likeness (QED) is 0.278. The van der Waals surface area contributed by atoms with Crippen molar-refractivity contribution < 1.29 is 9.47 Å². The molecule has 2 aliphatic heterocycles. The van der Waals surface area contributed by atoms with Crippen molar-refractivity contribution in [3.63, 3.8) is 0 Å². The minimum atomic E-state index is 0.259. The van der Waals surface area contributed by atoms with E-state index in [4.69, 9.17) is 33.3 Å². The van der Waals surface area contributed by atoms with E-state index in [2.05, 4.69) is 58.7 Å². The molecule has 6 heteroatoms. The molecule has 4 nitrogen and oxygen atoms in total. The molecule has 2 fully saturated rings. The van der Waals surface area contributed by atoms with Gasteiger partial charge in [-0.05, 0) is 91.2 Å². The van der Waals surface area contributed by atoms with Crippen molar-refractivity contribution in [1.82, 2.24) is 10.2 Å². The third-order valence-corrected chi connectivity index (χ3v) is 9.02. The van der Waals surface area contributed by atoms with Gasteiger partial charge in [-0.1, -0.05) is 72.7 Å². The molecule has 3 aromatic carbocycles. The summed E-state index contributed by atoms with van der Waals surface area (Å²) in [5.74, 6) is 2.79. The topological polar surface area (TPSA) is 33.7 Å². The van der Waals surface area contributed by atoms with E-state index in [1.54, 1.807) is 0 Å². The normalized spacial score (nSPS) is 18.8. The minimum Gasteiger partial charge on any atom is -0.486 e. The third kappa shape index (κ3) is 6.42. The first-order chi connectivity index (χ1) is 19.1. The molecule has 2 unspecified atom stereocenters. The van der Waals surface area contributed by atoms with E-state index in [0.29, 0.717) is 25.0 Å². The molecule has 2 atom stereocenters. The Morgan fingerprint density at radius 3 is 2.38 bits per heavy atom. The van der Waals surface area contributed by atoms with Gasteiger partial charge in [0.25, 0.3) is 0 Å². The van der Waals surface area contributed by atoms with Crippen LogP contribution in [0.3, 0.4) is 0 Å². The number of hydrogen-bond acceptors (Lipinski definition) is 4. The lowest BCUT2D eigenvalue weighted by Gasteiger charge is -2.41. The molecule has 0 spiro atoms. The molecule has 0 amide bonds. The number of fused-ring (bicyclic) bond motifs is 1. The van der Waals surface area contributed by atoms with Crippen LogP contribution in [0.1, 0.15) is 49.1 Å². The fraction of sp³-hybridized carbons (Fsp3) is 0.424. The van der Waals surface area contributed by atoms with Crippen LogP contribution in [0.25, 0.3) is 11.1 Å². The lowest BCUT2D eigenvalue weighted by Crippen LogP contribution is -2.49. The van der Waals surface area contributed by atoms with Crippen LogP contribution in [0.2, 0.25) is 5.02 Å². The monoisotopic (exact) mass is 560 g/mol. The van der Waals surface area contributed by atoms with Gasteiger partial charge in [-0.15, -0.1) is 0 Å². The summed E-state index contributed by atoms with van der Waals surface area (Å²) in [6.07, 6.45) is 7.16. The second kappa shape index (κ2) is 12.3. The predicted octanol–water partition coefficient (Wildman–Crippen LogP) is 7.29. The van der Waals surface area contributed by atoms with Crippen LogP contribution in [-0.4, -0.2) is 48.8 Å². The average molecular weight is 561 g/mol.